The van der Waals surface area contributed by atoms with Crippen LogP contribution in [0.4, 0.5) is 13.2 Å². The van der Waals surface area contributed by atoms with Crippen LogP contribution in [0.2, 0.25) is 5.02 Å². The smallest absolute Gasteiger partial charge is 0.198 e. The lowest BCUT2D eigenvalue weighted by Crippen LogP contribution is -1.95. The number of hydrogen-bond donors (Lipinski definition) is 0. The summed E-state index contributed by atoms with van der Waals surface area (Å²) in [4.78, 5) is 0. The molecular formula is C13H7Cl2F3O. The van der Waals surface area contributed by atoms with E-state index in [1.165, 1.54) is 6.07 Å². The van der Waals surface area contributed by atoms with Gasteiger partial charge in [0.25, 0.3) is 0 Å². The average molecular weight is 307 g/mol. The van der Waals surface area contributed by atoms with E-state index >= 15 is 0 Å². The van der Waals surface area contributed by atoms with Crippen LogP contribution in [-0.2, 0) is 5.88 Å². The lowest BCUT2D eigenvalue weighted by Gasteiger charge is -2.09. The fourth-order valence-corrected chi connectivity index (χ4v) is 1.77. The lowest BCUT2D eigenvalue weighted by atomic mass is 10.2. The first-order valence-electron chi connectivity index (χ1n) is 5.18. The molecule has 0 amide bonds. The van der Waals surface area contributed by atoms with Gasteiger partial charge in [-0.25, -0.2) is 13.2 Å². The van der Waals surface area contributed by atoms with Gasteiger partial charge in [-0.3, -0.25) is 0 Å². The highest BCUT2D eigenvalue weighted by molar-refractivity contribution is 6.30. The summed E-state index contributed by atoms with van der Waals surface area (Å²) in [5.41, 5.74) is 0.293. The van der Waals surface area contributed by atoms with Gasteiger partial charge < -0.3 is 4.74 Å². The van der Waals surface area contributed by atoms with Gasteiger partial charge in [0.2, 0.25) is 0 Å². The third kappa shape index (κ3) is 3.14. The molecule has 0 saturated heterocycles. The number of benzene rings is 2. The van der Waals surface area contributed by atoms with Crippen molar-refractivity contribution in [3.8, 4) is 11.5 Å². The topological polar surface area (TPSA) is 9.23 Å². The molecule has 0 aliphatic rings. The van der Waals surface area contributed by atoms with E-state index in [0.717, 1.165) is 24.3 Å². The molecule has 1 nitrogen and oxygen atoms in total. The van der Waals surface area contributed by atoms with Crippen molar-refractivity contribution in [2.75, 3.05) is 0 Å². The van der Waals surface area contributed by atoms with Gasteiger partial charge in [-0.1, -0.05) is 11.6 Å². The molecule has 0 aromatic heterocycles. The fraction of sp³-hybridized carbons (Fsp3) is 0.0769. The van der Waals surface area contributed by atoms with Gasteiger partial charge in [-0.15, -0.1) is 11.6 Å². The summed E-state index contributed by atoms with van der Waals surface area (Å²) in [5.74, 6) is -3.00. The van der Waals surface area contributed by atoms with Gasteiger partial charge in [0, 0.05) is 11.9 Å². The van der Waals surface area contributed by atoms with E-state index in [-0.39, 0.29) is 16.7 Å². The molecule has 0 heterocycles. The van der Waals surface area contributed by atoms with Crippen LogP contribution in [0.25, 0.3) is 0 Å². The second kappa shape index (κ2) is 5.72. The maximum absolute atomic E-state index is 13.6. The normalized spacial score (nSPS) is 10.6. The first-order chi connectivity index (χ1) is 9.01. The van der Waals surface area contributed by atoms with Gasteiger partial charge in [-0.2, -0.15) is 0 Å². The third-order valence-electron chi connectivity index (χ3n) is 2.32. The predicted octanol–water partition coefficient (Wildman–Crippen LogP) is 5.29. The Morgan fingerprint density at radius 3 is 2.11 bits per heavy atom. The largest absolute Gasteiger partial charge is 0.451 e. The van der Waals surface area contributed by atoms with Crippen LogP contribution in [0.15, 0.2) is 30.3 Å². The van der Waals surface area contributed by atoms with Crippen LogP contribution in [0, 0.1) is 17.5 Å². The van der Waals surface area contributed by atoms with Crippen molar-refractivity contribution in [2.24, 2.45) is 0 Å². The Morgan fingerprint density at radius 2 is 1.58 bits per heavy atom. The maximum atomic E-state index is 13.6. The van der Waals surface area contributed by atoms with Crippen LogP contribution in [0.1, 0.15) is 5.56 Å². The summed E-state index contributed by atoms with van der Waals surface area (Å²) in [5, 5.41) is -0.198. The van der Waals surface area contributed by atoms with E-state index in [0.29, 0.717) is 5.56 Å². The zero-order chi connectivity index (χ0) is 14.0. The molecule has 19 heavy (non-hydrogen) atoms. The van der Waals surface area contributed by atoms with Gasteiger partial charge in [-0.05, 0) is 29.8 Å². The Morgan fingerprint density at radius 1 is 0.947 bits per heavy atom. The van der Waals surface area contributed by atoms with Crippen molar-refractivity contribution < 1.29 is 17.9 Å². The number of ether oxygens (including phenoxy) is 1. The standard InChI is InChI=1S/C13H7Cl2F3O/c14-6-7-3-11(17)13(12(18)4-7)19-8-1-2-10(16)9(15)5-8/h1-5H,6H2. The molecule has 0 unspecified atom stereocenters. The van der Waals surface area contributed by atoms with Crippen LogP contribution in [0.3, 0.4) is 0 Å². The average Bonchev–Trinajstić information content (AvgIpc) is 2.37. The minimum atomic E-state index is -0.893. The SMILES string of the molecule is Fc1ccc(Oc2c(F)cc(CCl)cc2F)cc1Cl. The molecule has 2 aromatic rings. The molecule has 0 atom stereocenters. The molecule has 0 N–H and O–H groups in total. The number of hydrogen-bond acceptors (Lipinski definition) is 1. The van der Waals surface area contributed by atoms with E-state index in [4.69, 9.17) is 27.9 Å². The second-order valence-electron chi connectivity index (χ2n) is 3.70. The molecule has 0 radical (unpaired) electrons. The molecule has 6 heteroatoms. The first kappa shape index (κ1) is 14.0. The zero-order valence-corrected chi connectivity index (χ0v) is 10.9. The molecule has 0 aliphatic carbocycles. The van der Waals surface area contributed by atoms with Gasteiger partial charge in [0.05, 0.1) is 5.02 Å². The third-order valence-corrected chi connectivity index (χ3v) is 2.92. The van der Waals surface area contributed by atoms with Crippen LogP contribution in [-0.4, -0.2) is 0 Å². The van der Waals surface area contributed by atoms with Crippen LogP contribution < -0.4 is 4.74 Å². The van der Waals surface area contributed by atoms with Crippen molar-refractivity contribution >= 4 is 23.2 Å². The van der Waals surface area contributed by atoms with Crippen molar-refractivity contribution in [3.05, 3.63) is 58.4 Å². The predicted molar refractivity (Wildman–Crippen MR) is 67.4 cm³/mol. The molecule has 2 rings (SSSR count). The Hall–Kier alpha value is -1.39. The zero-order valence-electron chi connectivity index (χ0n) is 9.39. The van der Waals surface area contributed by atoms with Crippen molar-refractivity contribution in [2.45, 2.75) is 5.88 Å². The minimum Gasteiger partial charge on any atom is -0.451 e. The molecule has 0 fully saturated rings. The van der Waals surface area contributed by atoms with Gasteiger partial charge in [0.15, 0.2) is 17.4 Å². The lowest BCUT2D eigenvalue weighted by molar-refractivity contribution is 0.406. The maximum Gasteiger partial charge on any atom is 0.198 e. The molecule has 2 aromatic carbocycles. The Kier molecular flexibility index (Phi) is 4.22. The molecule has 100 valence electrons. The highest BCUT2D eigenvalue weighted by Gasteiger charge is 2.14. The molecule has 0 spiro atoms. The summed E-state index contributed by atoms with van der Waals surface area (Å²) >= 11 is 11.0. The summed E-state index contributed by atoms with van der Waals surface area (Å²) in [6, 6.07) is 5.52. The van der Waals surface area contributed by atoms with Gasteiger partial charge in [0.1, 0.15) is 11.6 Å². The second-order valence-corrected chi connectivity index (χ2v) is 4.37. The highest BCUT2D eigenvalue weighted by atomic mass is 35.5. The summed E-state index contributed by atoms with van der Waals surface area (Å²) in [6.45, 7) is 0. The van der Waals surface area contributed by atoms with E-state index in [1.807, 2.05) is 0 Å². The van der Waals surface area contributed by atoms with Crippen molar-refractivity contribution in [3.63, 3.8) is 0 Å². The van der Waals surface area contributed by atoms with Gasteiger partial charge >= 0.3 is 0 Å². The molecule has 0 bridgehead atoms. The number of alkyl halides is 1. The molecule has 0 saturated carbocycles. The molecular weight excluding hydrogens is 300 g/mol. The minimum absolute atomic E-state index is 0.0174. The summed E-state index contributed by atoms with van der Waals surface area (Å²) in [7, 11) is 0. The number of rotatable bonds is 3. The molecule has 0 aliphatic heterocycles. The monoisotopic (exact) mass is 306 g/mol. The van der Waals surface area contributed by atoms with E-state index in [2.05, 4.69) is 0 Å². The van der Waals surface area contributed by atoms with E-state index in [9.17, 15) is 13.2 Å². The first-order valence-corrected chi connectivity index (χ1v) is 6.09. The fourth-order valence-electron chi connectivity index (χ4n) is 1.45. The summed E-state index contributed by atoms with van der Waals surface area (Å²) < 4.78 is 45.2. The number of halogens is 5. The summed E-state index contributed by atoms with van der Waals surface area (Å²) in [6.07, 6.45) is 0. The Balaban J connectivity index is 2.35. The van der Waals surface area contributed by atoms with Crippen molar-refractivity contribution in [1.82, 2.24) is 0 Å². The van der Waals surface area contributed by atoms with Crippen molar-refractivity contribution in [1.29, 1.82) is 0 Å². The Labute approximate surface area is 117 Å². The van der Waals surface area contributed by atoms with E-state index in [1.54, 1.807) is 0 Å². The Bertz CT molecular complexity index is 594. The van der Waals surface area contributed by atoms with Crippen LogP contribution >= 0.6 is 23.2 Å². The van der Waals surface area contributed by atoms with Crippen LogP contribution in [0.5, 0.6) is 11.5 Å². The highest BCUT2D eigenvalue weighted by Crippen LogP contribution is 2.31. The van der Waals surface area contributed by atoms with E-state index < -0.39 is 23.2 Å². The quantitative estimate of drug-likeness (QED) is 0.700.